The van der Waals surface area contributed by atoms with Crippen LogP contribution >= 0.6 is 11.6 Å². The summed E-state index contributed by atoms with van der Waals surface area (Å²) in [5, 5.41) is 11.8. The van der Waals surface area contributed by atoms with Gasteiger partial charge in [-0.05, 0) is 54.8 Å². The second-order valence-electron chi connectivity index (χ2n) is 4.74. The Morgan fingerprint density at radius 1 is 1.15 bits per heavy atom. The molecule has 0 aliphatic heterocycles. The standard InChI is InChI=1S/C16H14ClNO2/c17-13-2-4-15-12(9-13)10-16(20-15)14(19)3-1-11-5-7-18-8-6-11/h2,4-10,14,19H,1,3H2. The van der Waals surface area contributed by atoms with Crippen LogP contribution in [0.4, 0.5) is 0 Å². The van der Waals surface area contributed by atoms with Gasteiger partial charge < -0.3 is 9.52 Å². The number of hydrogen-bond donors (Lipinski definition) is 1. The number of aliphatic hydroxyl groups excluding tert-OH is 1. The molecule has 1 aromatic carbocycles. The van der Waals surface area contributed by atoms with Crippen LogP contribution in [0, 0.1) is 0 Å². The van der Waals surface area contributed by atoms with Gasteiger partial charge in [0.05, 0.1) is 0 Å². The van der Waals surface area contributed by atoms with Gasteiger partial charge in [-0.3, -0.25) is 4.98 Å². The topological polar surface area (TPSA) is 46.3 Å². The Morgan fingerprint density at radius 3 is 2.75 bits per heavy atom. The van der Waals surface area contributed by atoms with E-state index in [1.807, 2.05) is 30.3 Å². The Kier molecular flexibility index (Phi) is 3.72. The first kappa shape index (κ1) is 13.2. The van der Waals surface area contributed by atoms with Gasteiger partial charge in [-0.25, -0.2) is 0 Å². The average Bonchev–Trinajstić information content (AvgIpc) is 2.89. The van der Waals surface area contributed by atoms with Gasteiger partial charge in [0, 0.05) is 22.8 Å². The van der Waals surface area contributed by atoms with Crippen molar-refractivity contribution in [1.29, 1.82) is 0 Å². The van der Waals surface area contributed by atoms with Crippen molar-refractivity contribution in [1.82, 2.24) is 4.98 Å². The molecule has 0 aliphatic rings. The molecule has 1 atom stereocenters. The second-order valence-corrected chi connectivity index (χ2v) is 5.18. The van der Waals surface area contributed by atoms with Gasteiger partial charge in [0.1, 0.15) is 17.4 Å². The highest BCUT2D eigenvalue weighted by Crippen LogP contribution is 2.28. The summed E-state index contributed by atoms with van der Waals surface area (Å²) >= 11 is 5.94. The van der Waals surface area contributed by atoms with E-state index in [0.717, 1.165) is 23.0 Å². The Hall–Kier alpha value is -1.84. The van der Waals surface area contributed by atoms with E-state index in [9.17, 15) is 5.11 Å². The third-order valence-corrected chi connectivity index (χ3v) is 3.52. The van der Waals surface area contributed by atoms with Crippen LogP contribution in [-0.4, -0.2) is 10.1 Å². The molecule has 2 aromatic heterocycles. The summed E-state index contributed by atoms with van der Waals surface area (Å²) in [6.45, 7) is 0. The summed E-state index contributed by atoms with van der Waals surface area (Å²) in [4.78, 5) is 3.97. The Morgan fingerprint density at radius 2 is 1.95 bits per heavy atom. The van der Waals surface area contributed by atoms with E-state index in [1.165, 1.54) is 0 Å². The van der Waals surface area contributed by atoms with E-state index in [1.54, 1.807) is 18.5 Å². The van der Waals surface area contributed by atoms with Crippen LogP contribution in [0.5, 0.6) is 0 Å². The number of fused-ring (bicyclic) bond motifs is 1. The van der Waals surface area contributed by atoms with Crippen LogP contribution in [0.15, 0.2) is 53.2 Å². The maximum Gasteiger partial charge on any atom is 0.134 e. The van der Waals surface area contributed by atoms with Crippen molar-refractivity contribution >= 4 is 22.6 Å². The van der Waals surface area contributed by atoms with Crippen LogP contribution in [-0.2, 0) is 6.42 Å². The first-order valence-electron chi connectivity index (χ1n) is 6.48. The average molecular weight is 288 g/mol. The van der Waals surface area contributed by atoms with Crippen molar-refractivity contribution in [3.63, 3.8) is 0 Å². The molecule has 0 aliphatic carbocycles. The van der Waals surface area contributed by atoms with Crippen molar-refractivity contribution in [3.8, 4) is 0 Å². The molecule has 3 nitrogen and oxygen atoms in total. The smallest absolute Gasteiger partial charge is 0.134 e. The molecule has 0 saturated carbocycles. The SMILES string of the molecule is OC(CCc1ccncc1)c1cc2cc(Cl)ccc2o1. The number of rotatable bonds is 4. The Balaban J connectivity index is 1.73. The molecule has 1 unspecified atom stereocenters. The predicted molar refractivity (Wildman–Crippen MR) is 78.7 cm³/mol. The maximum absolute atomic E-state index is 10.2. The van der Waals surface area contributed by atoms with Crippen molar-refractivity contribution in [3.05, 3.63) is 65.1 Å². The van der Waals surface area contributed by atoms with E-state index >= 15 is 0 Å². The number of halogens is 1. The normalized spacial score (nSPS) is 12.7. The van der Waals surface area contributed by atoms with Crippen LogP contribution in [0.1, 0.15) is 23.8 Å². The molecule has 2 heterocycles. The molecular weight excluding hydrogens is 274 g/mol. The Labute approximate surface area is 121 Å². The third kappa shape index (κ3) is 2.84. The molecule has 3 rings (SSSR count). The number of furan rings is 1. The first-order chi connectivity index (χ1) is 9.72. The van der Waals surface area contributed by atoms with Crippen molar-refractivity contribution in [2.45, 2.75) is 18.9 Å². The Bertz CT molecular complexity index is 709. The van der Waals surface area contributed by atoms with Gasteiger partial charge in [-0.15, -0.1) is 0 Å². The fourth-order valence-corrected chi connectivity index (χ4v) is 2.37. The fourth-order valence-electron chi connectivity index (χ4n) is 2.19. The monoisotopic (exact) mass is 287 g/mol. The predicted octanol–water partition coefficient (Wildman–Crippen LogP) is 4.15. The van der Waals surface area contributed by atoms with Crippen LogP contribution in [0.2, 0.25) is 5.02 Å². The van der Waals surface area contributed by atoms with Gasteiger partial charge in [0.15, 0.2) is 0 Å². The van der Waals surface area contributed by atoms with Crippen LogP contribution in [0.25, 0.3) is 11.0 Å². The molecule has 1 N–H and O–H groups in total. The molecule has 0 radical (unpaired) electrons. The van der Waals surface area contributed by atoms with Crippen LogP contribution < -0.4 is 0 Å². The number of aliphatic hydroxyl groups is 1. The van der Waals surface area contributed by atoms with E-state index in [-0.39, 0.29) is 0 Å². The van der Waals surface area contributed by atoms with Crippen LogP contribution in [0.3, 0.4) is 0 Å². The third-order valence-electron chi connectivity index (χ3n) is 3.28. The lowest BCUT2D eigenvalue weighted by Crippen LogP contribution is -1.98. The second kappa shape index (κ2) is 5.65. The number of aryl methyl sites for hydroxylation is 1. The molecule has 0 bridgehead atoms. The van der Waals surface area contributed by atoms with E-state index in [2.05, 4.69) is 4.98 Å². The fraction of sp³-hybridized carbons (Fsp3) is 0.188. The zero-order valence-electron chi connectivity index (χ0n) is 10.8. The van der Waals surface area contributed by atoms with Gasteiger partial charge in [-0.1, -0.05) is 11.6 Å². The molecular formula is C16H14ClNO2. The summed E-state index contributed by atoms with van der Waals surface area (Å²) in [5.74, 6) is 0.580. The lowest BCUT2D eigenvalue weighted by molar-refractivity contribution is 0.143. The number of pyridine rings is 1. The lowest BCUT2D eigenvalue weighted by atomic mass is 10.1. The quantitative estimate of drug-likeness (QED) is 0.784. The summed E-state index contributed by atoms with van der Waals surface area (Å²) < 4.78 is 5.65. The molecule has 0 spiro atoms. The summed E-state index contributed by atoms with van der Waals surface area (Å²) in [6, 6.07) is 11.2. The minimum Gasteiger partial charge on any atom is -0.458 e. The number of nitrogens with zero attached hydrogens (tertiary/aromatic N) is 1. The largest absolute Gasteiger partial charge is 0.458 e. The number of aromatic nitrogens is 1. The van der Waals surface area contributed by atoms with Gasteiger partial charge in [-0.2, -0.15) is 0 Å². The van der Waals surface area contributed by atoms with E-state index < -0.39 is 6.10 Å². The minimum absolute atomic E-state index is 0.580. The lowest BCUT2D eigenvalue weighted by Gasteiger charge is -2.07. The van der Waals surface area contributed by atoms with Gasteiger partial charge in [0.25, 0.3) is 0 Å². The van der Waals surface area contributed by atoms with Gasteiger partial charge in [0.2, 0.25) is 0 Å². The minimum atomic E-state index is -0.616. The summed E-state index contributed by atoms with van der Waals surface area (Å²) in [5.41, 5.74) is 1.89. The number of hydrogen-bond acceptors (Lipinski definition) is 3. The van der Waals surface area contributed by atoms with Crippen molar-refractivity contribution in [2.75, 3.05) is 0 Å². The molecule has 0 fully saturated rings. The maximum atomic E-state index is 10.2. The molecule has 20 heavy (non-hydrogen) atoms. The first-order valence-corrected chi connectivity index (χ1v) is 6.86. The van der Waals surface area contributed by atoms with Gasteiger partial charge >= 0.3 is 0 Å². The zero-order chi connectivity index (χ0) is 13.9. The highest BCUT2D eigenvalue weighted by atomic mass is 35.5. The van der Waals surface area contributed by atoms with E-state index in [4.69, 9.17) is 16.0 Å². The zero-order valence-corrected chi connectivity index (χ0v) is 11.5. The molecule has 4 heteroatoms. The molecule has 0 amide bonds. The van der Waals surface area contributed by atoms with E-state index in [0.29, 0.717) is 17.2 Å². The molecule has 3 aromatic rings. The highest BCUT2D eigenvalue weighted by Gasteiger charge is 2.13. The highest BCUT2D eigenvalue weighted by molar-refractivity contribution is 6.31. The molecule has 0 saturated heterocycles. The van der Waals surface area contributed by atoms with Crippen molar-refractivity contribution in [2.24, 2.45) is 0 Å². The summed E-state index contributed by atoms with van der Waals surface area (Å²) in [6.07, 6.45) is 4.28. The summed E-state index contributed by atoms with van der Waals surface area (Å²) in [7, 11) is 0. The molecule has 102 valence electrons. The van der Waals surface area contributed by atoms with Crippen molar-refractivity contribution < 1.29 is 9.52 Å². The number of benzene rings is 1.